The summed E-state index contributed by atoms with van der Waals surface area (Å²) in [6.07, 6.45) is 7.24. The van der Waals surface area contributed by atoms with Crippen LogP contribution in [0.25, 0.3) is 0 Å². The predicted octanol–water partition coefficient (Wildman–Crippen LogP) is 4.88. The third-order valence-electron chi connectivity index (χ3n) is 3.99. The summed E-state index contributed by atoms with van der Waals surface area (Å²) in [5.74, 6) is -0.0833. The van der Waals surface area contributed by atoms with Gasteiger partial charge in [0, 0.05) is 6.42 Å². The highest BCUT2D eigenvalue weighted by molar-refractivity contribution is 6.20. The van der Waals surface area contributed by atoms with E-state index < -0.39 is 5.97 Å². The lowest BCUT2D eigenvalue weighted by molar-refractivity contribution is -0.137. The molecule has 104 valence electrons. The van der Waals surface area contributed by atoms with Gasteiger partial charge in [-0.3, -0.25) is 4.79 Å². The first kappa shape index (κ1) is 14.4. The number of hydrogen-bond donors (Lipinski definition) is 1. The van der Waals surface area contributed by atoms with Crippen LogP contribution in [0.5, 0.6) is 0 Å². The van der Waals surface area contributed by atoms with Gasteiger partial charge in [0.25, 0.3) is 0 Å². The van der Waals surface area contributed by atoms with E-state index in [4.69, 9.17) is 16.7 Å². The van der Waals surface area contributed by atoms with Crippen molar-refractivity contribution in [2.75, 3.05) is 0 Å². The average Bonchev–Trinajstić information content (AvgIpc) is 2.46. The van der Waals surface area contributed by atoms with Crippen molar-refractivity contribution in [2.45, 2.75) is 56.2 Å². The molecule has 1 aliphatic rings. The first-order chi connectivity index (χ1) is 9.16. The van der Waals surface area contributed by atoms with Crippen LogP contribution in [0.1, 0.15) is 67.4 Å². The second-order valence-electron chi connectivity index (χ2n) is 5.40. The fraction of sp³-hybridized carbons (Fsp3) is 0.562. The fourth-order valence-corrected chi connectivity index (χ4v) is 3.08. The van der Waals surface area contributed by atoms with Crippen molar-refractivity contribution in [2.24, 2.45) is 0 Å². The highest BCUT2D eigenvalue weighted by Gasteiger charge is 2.16. The Balaban J connectivity index is 1.95. The Kier molecular flexibility index (Phi) is 5.26. The topological polar surface area (TPSA) is 37.3 Å². The highest BCUT2D eigenvalue weighted by atomic mass is 35.5. The summed E-state index contributed by atoms with van der Waals surface area (Å²) < 4.78 is 0. The molecule has 0 radical (unpaired) electrons. The third kappa shape index (κ3) is 4.24. The van der Waals surface area contributed by atoms with Gasteiger partial charge in [-0.2, -0.15) is 0 Å². The van der Waals surface area contributed by atoms with Crippen LogP contribution in [-0.4, -0.2) is 11.1 Å². The number of alkyl halides is 1. The minimum Gasteiger partial charge on any atom is -0.481 e. The maximum atomic E-state index is 10.5. The Morgan fingerprint density at radius 1 is 1.21 bits per heavy atom. The normalized spacial score (nSPS) is 18.2. The Labute approximate surface area is 119 Å². The van der Waals surface area contributed by atoms with E-state index in [1.807, 2.05) is 0 Å². The SMILES string of the molecule is O=C(O)CCC(Cl)c1ccc(C2CCCCC2)cc1. The number of carboxylic acid groups (broad SMARTS) is 1. The molecular formula is C16H21ClO2. The summed E-state index contributed by atoms with van der Waals surface area (Å²) in [4.78, 5) is 10.5. The summed E-state index contributed by atoms with van der Waals surface area (Å²) in [6, 6.07) is 8.45. The zero-order chi connectivity index (χ0) is 13.7. The number of halogens is 1. The van der Waals surface area contributed by atoms with Crippen LogP contribution in [-0.2, 0) is 4.79 Å². The van der Waals surface area contributed by atoms with Crippen molar-refractivity contribution in [3.8, 4) is 0 Å². The van der Waals surface area contributed by atoms with Gasteiger partial charge < -0.3 is 5.11 Å². The van der Waals surface area contributed by atoms with Crippen LogP contribution < -0.4 is 0 Å². The van der Waals surface area contributed by atoms with Gasteiger partial charge in [-0.15, -0.1) is 11.6 Å². The minimum atomic E-state index is -0.788. The first-order valence-electron chi connectivity index (χ1n) is 7.12. The monoisotopic (exact) mass is 280 g/mol. The van der Waals surface area contributed by atoms with Crippen LogP contribution >= 0.6 is 11.6 Å². The van der Waals surface area contributed by atoms with Crippen molar-refractivity contribution in [3.05, 3.63) is 35.4 Å². The van der Waals surface area contributed by atoms with Gasteiger partial charge in [-0.25, -0.2) is 0 Å². The van der Waals surface area contributed by atoms with Gasteiger partial charge in [-0.05, 0) is 36.3 Å². The van der Waals surface area contributed by atoms with E-state index >= 15 is 0 Å². The summed E-state index contributed by atoms with van der Waals surface area (Å²) >= 11 is 6.23. The summed E-state index contributed by atoms with van der Waals surface area (Å²) in [5, 5.41) is 8.47. The smallest absolute Gasteiger partial charge is 0.303 e. The van der Waals surface area contributed by atoms with Gasteiger partial charge in [0.2, 0.25) is 0 Å². The van der Waals surface area contributed by atoms with Gasteiger partial charge in [0.15, 0.2) is 0 Å². The molecule has 1 N–H and O–H groups in total. The lowest BCUT2D eigenvalue weighted by Gasteiger charge is -2.22. The van der Waals surface area contributed by atoms with E-state index in [1.165, 1.54) is 37.7 Å². The van der Waals surface area contributed by atoms with Crippen molar-refractivity contribution < 1.29 is 9.90 Å². The number of carboxylic acids is 1. The second kappa shape index (κ2) is 6.95. The molecule has 1 aromatic rings. The molecule has 0 spiro atoms. The van der Waals surface area contributed by atoms with Crippen LogP contribution in [0.4, 0.5) is 0 Å². The summed E-state index contributed by atoms with van der Waals surface area (Å²) in [6.45, 7) is 0. The van der Waals surface area contributed by atoms with Crippen molar-refractivity contribution in [3.63, 3.8) is 0 Å². The molecule has 0 saturated heterocycles. The average molecular weight is 281 g/mol. The van der Waals surface area contributed by atoms with Gasteiger partial charge >= 0.3 is 5.97 Å². The Hall–Kier alpha value is -1.02. The number of carbonyl (C=O) groups is 1. The largest absolute Gasteiger partial charge is 0.481 e. The summed E-state index contributed by atoms with van der Waals surface area (Å²) in [5.41, 5.74) is 2.44. The molecule has 0 aliphatic heterocycles. The highest BCUT2D eigenvalue weighted by Crippen LogP contribution is 2.34. The lowest BCUT2D eigenvalue weighted by Crippen LogP contribution is -2.04. The Bertz CT molecular complexity index is 407. The molecule has 0 bridgehead atoms. The van der Waals surface area contributed by atoms with Crippen LogP contribution in [0, 0.1) is 0 Å². The second-order valence-corrected chi connectivity index (χ2v) is 5.93. The molecule has 1 aliphatic carbocycles. The molecule has 3 heteroatoms. The molecule has 1 fully saturated rings. The molecule has 2 rings (SSSR count). The van der Waals surface area contributed by atoms with E-state index in [0.29, 0.717) is 12.3 Å². The van der Waals surface area contributed by atoms with Crippen LogP contribution in [0.15, 0.2) is 24.3 Å². The number of benzene rings is 1. The molecule has 1 atom stereocenters. The van der Waals surface area contributed by atoms with E-state index in [-0.39, 0.29) is 11.8 Å². The predicted molar refractivity (Wildman–Crippen MR) is 77.7 cm³/mol. The maximum Gasteiger partial charge on any atom is 0.303 e. The van der Waals surface area contributed by atoms with Gasteiger partial charge in [-0.1, -0.05) is 43.5 Å². The summed E-state index contributed by atoms with van der Waals surface area (Å²) in [7, 11) is 0. The Morgan fingerprint density at radius 3 is 2.42 bits per heavy atom. The molecule has 1 unspecified atom stereocenters. The van der Waals surface area contributed by atoms with E-state index in [2.05, 4.69) is 24.3 Å². The number of rotatable bonds is 5. The van der Waals surface area contributed by atoms with Crippen molar-refractivity contribution in [1.29, 1.82) is 0 Å². The third-order valence-corrected chi connectivity index (χ3v) is 4.46. The van der Waals surface area contributed by atoms with E-state index in [0.717, 1.165) is 5.56 Å². The van der Waals surface area contributed by atoms with E-state index in [1.54, 1.807) is 0 Å². The molecule has 0 amide bonds. The minimum absolute atomic E-state index is 0.124. The molecule has 19 heavy (non-hydrogen) atoms. The molecule has 1 saturated carbocycles. The zero-order valence-corrected chi connectivity index (χ0v) is 11.9. The fourth-order valence-electron chi connectivity index (χ4n) is 2.83. The van der Waals surface area contributed by atoms with Crippen LogP contribution in [0.3, 0.4) is 0 Å². The van der Waals surface area contributed by atoms with Crippen molar-refractivity contribution >= 4 is 17.6 Å². The first-order valence-corrected chi connectivity index (χ1v) is 7.56. The molecule has 0 aromatic heterocycles. The van der Waals surface area contributed by atoms with Gasteiger partial charge in [0.05, 0.1) is 5.38 Å². The molecule has 2 nitrogen and oxygen atoms in total. The maximum absolute atomic E-state index is 10.5. The van der Waals surface area contributed by atoms with Gasteiger partial charge in [0.1, 0.15) is 0 Å². The zero-order valence-electron chi connectivity index (χ0n) is 11.1. The standard InChI is InChI=1S/C16H21ClO2/c17-15(10-11-16(18)19)14-8-6-13(7-9-14)12-4-2-1-3-5-12/h6-9,12,15H,1-5,10-11H2,(H,18,19). The Morgan fingerprint density at radius 2 is 1.84 bits per heavy atom. The number of hydrogen-bond acceptors (Lipinski definition) is 1. The van der Waals surface area contributed by atoms with E-state index in [9.17, 15) is 4.79 Å². The van der Waals surface area contributed by atoms with Crippen molar-refractivity contribution in [1.82, 2.24) is 0 Å². The van der Waals surface area contributed by atoms with Crippen LogP contribution in [0.2, 0.25) is 0 Å². The number of aliphatic carboxylic acids is 1. The lowest BCUT2D eigenvalue weighted by atomic mass is 9.84. The molecular weight excluding hydrogens is 260 g/mol. The molecule has 1 aromatic carbocycles. The quantitative estimate of drug-likeness (QED) is 0.781. The molecule has 0 heterocycles.